The third kappa shape index (κ3) is 3.51. The van der Waals surface area contributed by atoms with Crippen molar-refractivity contribution in [1.29, 1.82) is 0 Å². The van der Waals surface area contributed by atoms with E-state index in [1.54, 1.807) is 0 Å². The van der Waals surface area contributed by atoms with E-state index in [1.807, 2.05) is 20.8 Å². The number of hydrogen-bond donors (Lipinski definition) is 1. The van der Waals surface area contributed by atoms with Crippen LogP contribution in [0.15, 0.2) is 12.1 Å². The maximum Gasteiger partial charge on any atom is 0.338 e. The number of halogens is 2. The minimum absolute atomic E-state index is 0.168. The lowest BCUT2D eigenvalue weighted by atomic mass is 10.1. The number of rotatable bonds is 3. The minimum Gasteiger partial charge on any atom is -0.459 e. The molecule has 1 unspecified atom stereocenters. The Hall–Kier alpha value is -0.930. The van der Waals surface area contributed by atoms with Crippen molar-refractivity contribution < 1.29 is 9.53 Å². The molecular formula is C12H15Cl2NO2. The lowest BCUT2D eigenvalue weighted by Gasteiger charge is -2.16. The standard InChI is InChI=1S/C12H15Cl2NO2/c1-6(2)7(3)17-12(16)8-4-9(13)11(14)10(15)5-8/h4-7H,15H2,1-3H3. The number of hydrogen-bond acceptors (Lipinski definition) is 3. The first-order chi connectivity index (χ1) is 7.82. The van der Waals surface area contributed by atoms with E-state index in [-0.39, 0.29) is 27.8 Å². The van der Waals surface area contributed by atoms with Gasteiger partial charge in [0.25, 0.3) is 0 Å². The summed E-state index contributed by atoms with van der Waals surface area (Å²) in [5.41, 5.74) is 6.20. The molecule has 2 N–H and O–H groups in total. The zero-order chi connectivity index (χ0) is 13.2. The molecule has 1 rings (SSSR count). The SMILES string of the molecule is CC(C)C(C)OC(=O)c1cc(N)c(Cl)c(Cl)c1. The van der Waals surface area contributed by atoms with Crippen LogP contribution in [0.3, 0.4) is 0 Å². The van der Waals surface area contributed by atoms with Gasteiger partial charge in [-0.2, -0.15) is 0 Å². The van der Waals surface area contributed by atoms with Gasteiger partial charge in [-0.15, -0.1) is 0 Å². The minimum atomic E-state index is -0.448. The van der Waals surface area contributed by atoms with Gasteiger partial charge in [0.1, 0.15) is 6.10 Å². The lowest BCUT2D eigenvalue weighted by Crippen LogP contribution is -2.20. The largest absolute Gasteiger partial charge is 0.459 e. The molecule has 1 aromatic rings. The summed E-state index contributed by atoms with van der Waals surface area (Å²) >= 11 is 11.6. The van der Waals surface area contributed by atoms with Crippen LogP contribution < -0.4 is 5.73 Å². The van der Waals surface area contributed by atoms with Gasteiger partial charge in [-0.3, -0.25) is 0 Å². The van der Waals surface area contributed by atoms with Gasteiger partial charge in [0.15, 0.2) is 0 Å². The molecule has 0 saturated carbocycles. The number of benzene rings is 1. The molecule has 1 atom stereocenters. The molecule has 0 aromatic heterocycles. The van der Waals surface area contributed by atoms with Gasteiger partial charge >= 0.3 is 5.97 Å². The smallest absolute Gasteiger partial charge is 0.338 e. The van der Waals surface area contributed by atoms with E-state index in [1.165, 1.54) is 12.1 Å². The number of ether oxygens (including phenoxy) is 1. The fourth-order valence-corrected chi connectivity index (χ4v) is 1.44. The summed E-state index contributed by atoms with van der Waals surface area (Å²) in [7, 11) is 0. The number of anilines is 1. The van der Waals surface area contributed by atoms with Crippen molar-refractivity contribution in [3.63, 3.8) is 0 Å². The van der Waals surface area contributed by atoms with Gasteiger partial charge in [0, 0.05) is 0 Å². The van der Waals surface area contributed by atoms with E-state index < -0.39 is 5.97 Å². The first kappa shape index (κ1) is 14.1. The van der Waals surface area contributed by atoms with Crippen molar-refractivity contribution in [2.75, 3.05) is 5.73 Å². The third-order valence-electron chi connectivity index (χ3n) is 2.52. The third-order valence-corrected chi connectivity index (χ3v) is 3.34. The predicted octanol–water partition coefficient (Wildman–Crippen LogP) is 3.78. The first-order valence-corrected chi connectivity index (χ1v) is 6.04. The van der Waals surface area contributed by atoms with Gasteiger partial charge in [-0.1, -0.05) is 37.0 Å². The predicted molar refractivity (Wildman–Crippen MR) is 70.6 cm³/mol. The highest BCUT2D eigenvalue weighted by Crippen LogP contribution is 2.29. The Morgan fingerprint density at radius 2 is 1.88 bits per heavy atom. The maximum absolute atomic E-state index is 11.8. The monoisotopic (exact) mass is 275 g/mol. The molecule has 0 fully saturated rings. The Balaban J connectivity index is 2.90. The van der Waals surface area contributed by atoms with Crippen molar-refractivity contribution in [1.82, 2.24) is 0 Å². The molecule has 0 aliphatic heterocycles. The Bertz CT molecular complexity index is 410. The van der Waals surface area contributed by atoms with Crippen LogP contribution >= 0.6 is 23.2 Å². The molecule has 1 aromatic carbocycles. The summed E-state index contributed by atoms with van der Waals surface area (Å²) in [6.45, 7) is 5.78. The molecule has 0 spiro atoms. The van der Waals surface area contributed by atoms with Crippen LogP contribution in [0.5, 0.6) is 0 Å². The van der Waals surface area contributed by atoms with Crippen molar-refractivity contribution in [2.45, 2.75) is 26.9 Å². The van der Waals surface area contributed by atoms with E-state index in [4.69, 9.17) is 33.7 Å². The lowest BCUT2D eigenvalue weighted by molar-refractivity contribution is 0.0238. The molecule has 0 radical (unpaired) electrons. The molecule has 3 nitrogen and oxygen atoms in total. The van der Waals surface area contributed by atoms with Crippen LogP contribution in [0.1, 0.15) is 31.1 Å². The number of esters is 1. The highest BCUT2D eigenvalue weighted by atomic mass is 35.5. The average molecular weight is 276 g/mol. The van der Waals surface area contributed by atoms with Crippen LogP contribution in [0.25, 0.3) is 0 Å². The van der Waals surface area contributed by atoms with Crippen molar-refractivity contribution in [2.24, 2.45) is 5.92 Å². The normalized spacial score (nSPS) is 12.6. The molecule has 5 heteroatoms. The summed E-state index contributed by atoms with van der Waals surface area (Å²) in [5.74, 6) is -0.199. The molecule has 0 heterocycles. The fraction of sp³-hybridized carbons (Fsp3) is 0.417. The molecular weight excluding hydrogens is 261 g/mol. The summed E-state index contributed by atoms with van der Waals surface area (Å²) in [6, 6.07) is 2.92. The molecule has 0 saturated heterocycles. The fourth-order valence-electron chi connectivity index (χ4n) is 1.10. The quantitative estimate of drug-likeness (QED) is 0.675. The number of nitrogens with two attached hydrogens (primary N) is 1. The molecule has 94 valence electrons. The highest BCUT2D eigenvalue weighted by Gasteiger charge is 2.17. The maximum atomic E-state index is 11.8. The Kier molecular flexibility index (Phi) is 4.66. The van der Waals surface area contributed by atoms with E-state index in [0.717, 1.165) is 0 Å². The van der Waals surface area contributed by atoms with E-state index in [2.05, 4.69) is 0 Å². The van der Waals surface area contributed by atoms with Crippen LogP contribution in [0, 0.1) is 5.92 Å². The second kappa shape index (κ2) is 5.61. The number of carbonyl (C=O) groups excluding carboxylic acids is 1. The Labute approximate surface area is 111 Å². The zero-order valence-corrected chi connectivity index (χ0v) is 11.5. The highest BCUT2D eigenvalue weighted by molar-refractivity contribution is 6.43. The van der Waals surface area contributed by atoms with Gasteiger partial charge < -0.3 is 10.5 Å². The number of nitrogen functional groups attached to an aromatic ring is 1. The van der Waals surface area contributed by atoms with E-state index in [0.29, 0.717) is 5.56 Å². The van der Waals surface area contributed by atoms with Crippen LogP contribution in [0.4, 0.5) is 5.69 Å². The molecule has 0 amide bonds. The van der Waals surface area contributed by atoms with Crippen molar-refractivity contribution >= 4 is 34.9 Å². The molecule has 0 aliphatic carbocycles. The van der Waals surface area contributed by atoms with E-state index in [9.17, 15) is 4.79 Å². The van der Waals surface area contributed by atoms with Crippen molar-refractivity contribution in [3.8, 4) is 0 Å². The molecule has 17 heavy (non-hydrogen) atoms. The van der Waals surface area contributed by atoms with Gasteiger partial charge in [-0.25, -0.2) is 4.79 Å². The Morgan fingerprint density at radius 1 is 1.29 bits per heavy atom. The van der Waals surface area contributed by atoms with Crippen LogP contribution in [-0.2, 0) is 4.74 Å². The van der Waals surface area contributed by atoms with Gasteiger partial charge in [0.2, 0.25) is 0 Å². The Morgan fingerprint density at radius 3 is 2.35 bits per heavy atom. The van der Waals surface area contributed by atoms with E-state index >= 15 is 0 Å². The van der Waals surface area contributed by atoms with Crippen molar-refractivity contribution in [3.05, 3.63) is 27.7 Å². The average Bonchev–Trinajstić information content (AvgIpc) is 2.24. The number of carbonyl (C=O) groups is 1. The van der Waals surface area contributed by atoms with Gasteiger partial charge in [-0.05, 0) is 25.0 Å². The molecule has 0 aliphatic rings. The zero-order valence-electron chi connectivity index (χ0n) is 9.96. The topological polar surface area (TPSA) is 52.3 Å². The summed E-state index contributed by atoms with van der Waals surface area (Å²) in [6.07, 6.45) is -0.168. The van der Waals surface area contributed by atoms with Crippen LogP contribution in [0.2, 0.25) is 10.0 Å². The summed E-state index contributed by atoms with van der Waals surface area (Å²) in [4.78, 5) is 11.8. The van der Waals surface area contributed by atoms with Crippen LogP contribution in [-0.4, -0.2) is 12.1 Å². The summed E-state index contributed by atoms with van der Waals surface area (Å²) in [5, 5.41) is 0.496. The second-order valence-electron chi connectivity index (χ2n) is 4.22. The summed E-state index contributed by atoms with van der Waals surface area (Å²) < 4.78 is 5.25. The second-order valence-corrected chi connectivity index (χ2v) is 5.00. The first-order valence-electron chi connectivity index (χ1n) is 5.28. The molecule has 0 bridgehead atoms. The van der Waals surface area contributed by atoms with Gasteiger partial charge in [0.05, 0.1) is 21.3 Å².